The molecule has 0 aliphatic heterocycles. The van der Waals surface area contributed by atoms with Crippen LogP contribution in [0.15, 0.2) is 36.9 Å². The van der Waals surface area contributed by atoms with Gasteiger partial charge in [0.1, 0.15) is 18.2 Å². The maximum atomic E-state index is 5.60. The molecule has 2 N–H and O–H groups in total. The lowest BCUT2D eigenvalue weighted by Gasteiger charge is -2.12. The van der Waals surface area contributed by atoms with Gasteiger partial charge in [-0.05, 0) is 25.2 Å². The zero-order valence-corrected chi connectivity index (χ0v) is 11.5. The third-order valence-corrected chi connectivity index (χ3v) is 2.87. The fourth-order valence-electron chi connectivity index (χ4n) is 1.67. The normalized spacial score (nSPS) is 10.2. The standard InChI is InChI=1S/C13H16N4OS/c1-3-8-18-12-7-5-4-6-11(12)9-14-17-10(2)15-16-13(17)19/h3-7,14H,1,8-9H2,2H3,(H,16,19). The van der Waals surface area contributed by atoms with Crippen LogP contribution < -0.4 is 10.2 Å². The summed E-state index contributed by atoms with van der Waals surface area (Å²) in [6.07, 6.45) is 1.72. The number of H-pyrrole nitrogens is 1. The summed E-state index contributed by atoms with van der Waals surface area (Å²) in [5.41, 5.74) is 4.26. The molecule has 6 heteroatoms. The molecule has 5 nitrogen and oxygen atoms in total. The summed E-state index contributed by atoms with van der Waals surface area (Å²) < 4.78 is 7.88. The van der Waals surface area contributed by atoms with Crippen molar-refractivity contribution in [2.45, 2.75) is 13.5 Å². The predicted octanol–water partition coefficient (Wildman–Crippen LogP) is 2.56. The Morgan fingerprint density at radius 3 is 3.00 bits per heavy atom. The number of rotatable bonds is 6. The van der Waals surface area contributed by atoms with Crippen LogP contribution in [-0.2, 0) is 6.54 Å². The van der Waals surface area contributed by atoms with E-state index in [0.717, 1.165) is 17.1 Å². The number of aromatic nitrogens is 3. The van der Waals surface area contributed by atoms with Crippen LogP contribution in [0.3, 0.4) is 0 Å². The van der Waals surface area contributed by atoms with Gasteiger partial charge < -0.3 is 10.2 Å². The van der Waals surface area contributed by atoms with Crippen LogP contribution in [-0.4, -0.2) is 21.5 Å². The second-order valence-electron chi connectivity index (χ2n) is 3.95. The topological polar surface area (TPSA) is 54.9 Å². The summed E-state index contributed by atoms with van der Waals surface area (Å²) in [5, 5.41) is 6.77. The maximum absolute atomic E-state index is 5.60. The number of benzene rings is 1. The second-order valence-corrected chi connectivity index (χ2v) is 4.34. The molecule has 0 saturated carbocycles. The molecular formula is C13H16N4OS. The van der Waals surface area contributed by atoms with E-state index < -0.39 is 0 Å². The molecule has 0 aliphatic rings. The monoisotopic (exact) mass is 276 g/mol. The van der Waals surface area contributed by atoms with Crippen LogP contribution in [0.25, 0.3) is 0 Å². The zero-order chi connectivity index (χ0) is 13.7. The largest absolute Gasteiger partial charge is 0.489 e. The summed E-state index contributed by atoms with van der Waals surface area (Å²) >= 11 is 5.13. The molecule has 0 saturated heterocycles. The lowest BCUT2D eigenvalue weighted by Crippen LogP contribution is -2.16. The Hall–Kier alpha value is -2.08. The van der Waals surface area contributed by atoms with E-state index in [1.54, 1.807) is 10.8 Å². The Labute approximate surface area is 116 Å². The van der Waals surface area contributed by atoms with Crippen LogP contribution in [0.2, 0.25) is 0 Å². The van der Waals surface area contributed by atoms with Crippen molar-refractivity contribution in [3.8, 4) is 5.75 Å². The number of hydrogen-bond donors (Lipinski definition) is 2. The third-order valence-electron chi connectivity index (χ3n) is 2.60. The van der Waals surface area contributed by atoms with E-state index in [2.05, 4.69) is 22.2 Å². The van der Waals surface area contributed by atoms with Gasteiger partial charge in [0.15, 0.2) is 0 Å². The van der Waals surface area contributed by atoms with E-state index in [0.29, 0.717) is 17.9 Å². The highest BCUT2D eigenvalue weighted by molar-refractivity contribution is 7.71. The third kappa shape index (κ3) is 3.23. The number of aromatic amines is 1. The smallest absolute Gasteiger partial charge is 0.214 e. The Kier molecular flexibility index (Phi) is 4.35. The molecule has 1 aromatic heterocycles. The van der Waals surface area contributed by atoms with E-state index in [4.69, 9.17) is 17.0 Å². The molecule has 0 aliphatic carbocycles. The minimum absolute atomic E-state index is 0.487. The van der Waals surface area contributed by atoms with E-state index in [1.165, 1.54) is 0 Å². The lowest BCUT2D eigenvalue weighted by atomic mass is 10.2. The summed E-state index contributed by atoms with van der Waals surface area (Å²) in [4.78, 5) is 0. The predicted molar refractivity (Wildman–Crippen MR) is 77.3 cm³/mol. The molecule has 100 valence electrons. The molecule has 0 spiro atoms. The fraction of sp³-hybridized carbons (Fsp3) is 0.231. The van der Waals surface area contributed by atoms with Crippen LogP contribution in [0.5, 0.6) is 5.75 Å². The van der Waals surface area contributed by atoms with Crippen molar-refractivity contribution in [3.63, 3.8) is 0 Å². The van der Waals surface area contributed by atoms with Crippen LogP contribution in [0, 0.1) is 11.7 Å². The number of nitrogens with zero attached hydrogens (tertiary/aromatic N) is 2. The van der Waals surface area contributed by atoms with Gasteiger partial charge >= 0.3 is 0 Å². The fourth-order valence-corrected chi connectivity index (χ4v) is 1.91. The van der Waals surface area contributed by atoms with Crippen molar-refractivity contribution in [2.75, 3.05) is 12.0 Å². The average Bonchev–Trinajstić information content (AvgIpc) is 2.74. The summed E-state index contributed by atoms with van der Waals surface area (Å²) in [7, 11) is 0. The number of nitrogens with one attached hydrogen (secondary N) is 2. The number of aryl methyl sites for hydroxylation is 1. The summed E-state index contributed by atoms with van der Waals surface area (Å²) in [6.45, 7) is 6.61. The Morgan fingerprint density at radius 2 is 2.32 bits per heavy atom. The first kappa shape index (κ1) is 13.4. The van der Waals surface area contributed by atoms with E-state index in [-0.39, 0.29) is 0 Å². The van der Waals surface area contributed by atoms with Crippen molar-refractivity contribution in [3.05, 3.63) is 53.1 Å². The number of ether oxygens (including phenoxy) is 1. The molecule has 0 unspecified atom stereocenters. The zero-order valence-electron chi connectivity index (χ0n) is 10.7. The number of hydrogen-bond acceptors (Lipinski definition) is 4. The molecule has 19 heavy (non-hydrogen) atoms. The Morgan fingerprint density at radius 1 is 1.53 bits per heavy atom. The quantitative estimate of drug-likeness (QED) is 0.629. The van der Waals surface area contributed by atoms with Crippen LogP contribution in [0.1, 0.15) is 11.4 Å². The molecule has 2 aromatic rings. The van der Waals surface area contributed by atoms with Crippen molar-refractivity contribution in [2.24, 2.45) is 0 Å². The molecule has 2 rings (SSSR count). The number of para-hydroxylation sites is 1. The summed E-state index contributed by atoms with van der Waals surface area (Å²) in [5.74, 6) is 1.62. The minimum Gasteiger partial charge on any atom is -0.489 e. The van der Waals surface area contributed by atoms with Gasteiger partial charge in [0.2, 0.25) is 4.77 Å². The van der Waals surface area contributed by atoms with Crippen LogP contribution in [0.4, 0.5) is 0 Å². The Bertz CT molecular complexity index is 617. The van der Waals surface area contributed by atoms with Gasteiger partial charge in [-0.25, -0.2) is 4.68 Å². The highest BCUT2D eigenvalue weighted by Gasteiger charge is 2.04. The van der Waals surface area contributed by atoms with Gasteiger partial charge in [-0.3, -0.25) is 5.10 Å². The molecule has 0 radical (unpaired) electrons. The SMILES string of the molecule is C=CCOc1ccccc1CNn1c(C)n[nH]c1=S. The highest BCUT2D eigenvalue weighted by atomic mass is 32.1. The molecule has 0 amide bonds. The molecule has 0 bridgehead atoms. The Balaban J connectivity index is 2.11. The van der Waals surface area contributed by atoms with Crippen molar-refractivity contribution >= 4 is 12.2 Å². The van der Waals surface area contributed by atoms with E-state index in [1.807, 2.05) is 31.2 Å². The van der Waals surface area contributed by atoms with Gasteiger partial charge in [-0.15, -0.1) is 0 Å². The van der Waals surface area contributed by atoms with Crippen LogP contribution >= 0.6 is 12.2 Å². The van der Waals surface area contributed by atoms with Gasteiger partial charge in [0.05, 0.1) is 6.54 Å². The summed E-state index contributed by atoms with van der Waals surface area (Å²) in [6, 6.07) is 7.85. The maximum Gasteiger partial charge on any atom is 0.214 e. The first-order valence-corrected chi connectivity index (χ1v) is 6.32. The molecular weight excluding hydrogens is 260 g/mol. The molecule has 1 aromatic carbocycles. The van der Waals surface area contributed by atoms with Gasteiger partial charge in [0.25, 0.3) is 0 Å². The van der Waals surface area contributed by atoms with E-state index >= 15 is 0 Å². The first-order chi connectivity index (χ1) is 9.22. The minimum atomic E-state index is 0.487. The molecule has 1 heterocycles. The van der Waals surface area contributed by atoms with Gasteiger partial charge in [0, 0.05) is 5.56 Å². The van der Waals surface area contributed by atoms with Gasteiger partial charge in [-0.2, -0.15) is 5.10 Å². The van der Waals surface area contributed by atoms with Crippen molar-refractivity contribution in [1.82, 2.24) is 14.9 Å². The lowest BCUT2D eigenvalue weighted by molar-refractivity contribution is 0.359. The second kappa shape index (κ2) is 6.19. The van der Waals surface area contributed by atoms with Crippen molar-refractivity contribution < 1.29 is 4.74 Å². The van der Waals surface area contributed by atoms with Crippen molar-refractivity contribution in [1.29, 1.82) is 0 Å². The highest BCUT2D eigenvalue weighted by Crippen LogP contribution is 2.18. The molecule has 0 fully saturated rings. The van der Waals surface area contributed by atoms with E-state index in [9.17, 15) is 0 Å². The van der Waals surface area contributed by atoms with Gasteiger partial charge in [-0.1, -0.05) is 30.9 Å². The average molecular weight is 276 g/mol. The first-order valence-electron chi connectivity index (χ1n) is 5.92. The molecule has 0 atom stereocenters.